The third-order valence-electron chi connectivity index (χ3n) is 3.31. The van der Waals surface area contributed by atoms with Gasteiger partial charge in [0.15, 0.2) is 5.78 Å². The molecule has 2 nitrogen and oxygen atoms in total. The summed E-state index contributed by atoms with van der Waals surface area (Å²) in [6, 6.07) is 11.6. The maximum absolute atomic E-state index is 12.7. The van der Waals surface area contributed by atoms with E-state index in [4.69, 9.17) is 4.74 Å². The molecular weight excluding hydrogens is 236 g/mol. The highest BCUT2D eigenvalue weighted by molar-refractivity contribution is 6.12. The van der Waals surface area contributed by atoms with Crippen LogP contribution in [0, 0.1) is 20.8 Å². The van der Waals surface area contributed by atoms with E-state index in [0.717, 1.165) is 22.3 Å². The zero-order chi connectivity index (χ0) is 14.0. The lowest BCUT2D eigenvalue weighted by atomic mass is 9.94. The van der Waals surface area contributed by atoms with E-state index in [-0.39, 0.29) is 5.78 Å². The van der Waals surface area contributed by atoms with Gasteiger partial charge in [-0.2, -0.15) is 0 Å². The van der Waals surface area contributed by atoms with Crippen LogP contribution >= 0.6 is 0 Å². The molecule has 0 saturated carbocycles. The smallest absolute Gasteiger partial charge is 0.197 e. The number of rotatable bonds is 3. The van der Waals surface area contributed by atoms with Crippen molar-refractivity contribution < 1.29 is 9.53 Å². The average Bonchev–Trinajstić information content (AvgIpc) is 2.38. The maximum atomic E-state index is 12.7. The molecule has 0 saturated heterocycles. The topological polar surface area (TPSA) is 26.3 Å². The van der Waals surface area contributed by atoms with Crippen LogP contribution in [0.1, 0.15) is 32.6 Å². The van der Waals surface area contributed by atoms with E-state index >= 15 is 0 Å². The summed E-state index contributed by atoms with van der Waals surface area (Å²) < 4.78 is 5.30. The van der Waals surface area contributed by atoms with Crippen LogP contribution in [0.4, 0.5) is 0 Å². The quantitative estimate of drug-likeness (QED) is 0.778. The molecule has 2 heteroatoms. The van der Waals surface area contributed by atoms with E-state index in [9.17, 15) is 4.79 Å². The summed E-state index contributed by atoms with van der Waals surface area (Å²) in [6.45, 7) is 5.89. The molecule has 2 aromatic carbocycles. The lowest BCUT2D eigenvalue weighted by Gasteiger charge is -2.12. The number of carbonyl (C=O) groups excluding carboxylic acids is 1. The van der Waals surface area contributed by atoms with Crippen molar-refractivity contribution in [1.29, 1.82) is 0 Å². The number of ether oxygens (including phenoxy) is 1. The first kappa shape index (κ1) is 13.3. The van der Waals surface area contributed by atoms with Crippen molar-refractivity contribution >= 4 is 5.78 Å². The first-order valence-corrected chi connectivity index (χ1v) is 6.30. The van der Waals surface area contributed by atoms with Crippen molar-refractivity contribution in [3.05, 3.63) is 64.2 Å². The van der Waals surface area contributed by atoms with Crippen molar-refractivity contribution in [1.82, 2.24) is 0 Å². The molecule has 0 heterocycles. The number of aryl methyl sites for hydroxylation is 3. The normalized spacial score (nSPS) is 10.3. The lowest BCUT2D eigenvalue weighted by Crippen LogP contribution is -2.08. The highest BCUT2D eigenvalue weighted by Gasteiger charge is 2.18. The van der Waals surface area contributed by atoms with Crippen molar-refractivity contribution in [3.63, 3.8) is 0 Å². The predicted molar refractivity (Wildman–Crippen MR) is 77.1 cm³/mol. The number of hydrogen-bond donors (Lipinski definition) is 0. The summed E-state index contributed by atoms with van der Waals surface area (Å²) in [7, 11) is 1.59. The van der Waals surface area contributed by atoms with Crippen LogP contribution in [0.5, 0.6) is 5.75 Å². The first-order chi connectivity index (χ1) is 9.04. The highest BCUT2D eigenvalue weighted by atomic mass is 16.5. The van der Waals surface area contributed by atoms with E-state index in [0.29, 0.717) is 11.3 Å². The van der Waals surface area contributed by atoms with E-state index < -0.39 is 0 Å². The molecule has 0 spiro atoms. The molecule has 0 fully saturated rings. The molecule has 2 aromatic rings. The molecule has 19 heavy (non-hydrogen) atoms. The van der Waals surface area contributed by atoms with Gasteiger partial charge >= 0.3 is 0 Å². The molecule has 0 radical (unpaired) electrons. The number of ketones is 1. The summed E-state index contributed by atoms with van der Waals surface area (Å²) in [5, 5.41) is 0. The van der Waals surface area contributed by atoms with Gasteiger partial charge in [0, 0.05) is 5.56 Å². The zero-order valence-electron chi connectivity index (χ0n) is 11.8. The second-order valence-electron chi connectivity index (χ2n) is 4.80. The predicted octanol–water partition coefficient (Wildman–Crippen LogP) is 3.85. The first-order valence-electron chi connectivity index (χ1n) is 6.30. The Balaban J connectivity index is 2.59. The monoisotopic (exact) mass is 254 g/mol. The second kappa shape index (κ2) is 5.27. The largest absolute Gasteiger partial charge is 0.496 e. The van der Waals surface area contributed by atoms with Crippen molar-refractivity contribution in [2.24, 2.45) is 0 Å². The van der Waals surface area contributed by atoms with Crippen molar-refractivity contribution in [3.8, 4) is 5.75 Å². The van der Waals surface area contributed by atoms with Gasteiger partial charge in [0.05, 0.1) is 12.7 Å². The third kappa shape index (κ3) is 2.53. The summed E-state index contributed by atoms with van der Waals surface area (Å²) in [5.74, 6) is 0.648. The van der Waals surface area contributed by atoms with Gasteiger partial charge in [-0.15, -0.1) is 0 Å². The molecule has 2 rings (SSSR count). The number of methoxy groups -OCH3 is 1. The summed E-state index contributed by atoms with van der Waals surface area (Å²) in [5.41, 5.74) is 4.43. The van der Waals surface area contributed by atoms with Gasteiger partial charge in [-0.1, -0.05) is 29.8 Å². The second-order valence-corrected chi connectivity index (χ2v) is 4.80. The standard InChI is InChI=1S/C17H18O2/c1-11-8-9-15(19-4)14(10-11)17(18)16-12(2)6-5-7-13(16)3/h5-10H,1-4H3. The van der Waals surface area contributed by atoms with E-state index in [1.807, 2.05) is 57.2 Å². The summed E-state index contributed by atoms with van der Waals surface area (Å²) in [4.78, 5) is 12.7. The van der Waals surface area contributed by atoms with Crippen LogP contribution in [0.3, 0.4) is 0 Å². The number of carbonyl (C=O) groups is 1. The Kier molecular flexibility index (Phi) is 3.70. The van der Waals surface area contributed by atoms with Crippen molar-refractivity contribution in [2.75, 3.05) is 7.11 Å². The van der Waals surface area contributed by atoms with Gasteiger partial charge in [0.25, 0.3) is 0 Å². The Morgan fingerprint density at radius 1 is 1.00 bits per heavy atom. The van der Waals surface area contributed by atoms with Crippen LogP contribution < -0.4 is 4.74 Å². The Hall–Kier alpha value is -2.09. The molecule has 0 aromatic heterocycles. The Labute approximate surface area is 114 Å². The van der Waals surface area contributed by atoms with Gasteiger partial charge in [0.1, 0.15) is 5.75 Å². The fourth-order valence-corrected chi connectivity index (χ4v) is 2.31. The highest BCUT2D eigenvalue weighted by Crippen LogP contribution is 2.25. The summed E-state index contributed by atoms with van der Waals surface area (Å²) in [6.07, 6.45) is 0. The molecular formula is C17H18O2. The van der Waals surface area contributed by atoms with Crippen LogP contribution in [0.25, 0.3) is 0 Å². The zero-order valence-corrected chi connectivity index (χ0v) is 11.8. The number of hydrogen-bond acceptors (Lipinski definition) is 2. The van der Waals surface area contributed by atoms with Gasteiger partial charge in [0.2, 0.25) is 0 Å². The minimum absolute atomic E-state index is 0.0242. The minimum Gasteiger partial charge on any atom is -0.496 e. The SMILES string of the molecule is COc1ccc(C)cc1C(=O)c1c(C)cccc1C. The molecule has 0 aliphatic carbocycles. The molecule has 0 aliphatic rings. The van der Waals surface area contributed by atoms with Crippen LogP contribution in [0.2, 0.25) is 0 Å². The number of benzene rings is 2. The Morgan fingerprint density at radius 3 is 2.21 bits per heavy atom. The van der Waals surface area contributed by atoms with Gasteiger partial charge in [-0.25, -0.2) is 0 Å². The van der Waals surface area contributed by atoms with Gasteiger partial charge in [-0.3, -0.25) is 4.79 Å². The fraction of sp³-hybridized carbons (Fsp3) is 0.235. The summed E-state index contributed by atoms with van der Waals surface area (Å²) >= 11 is 0. The van der Waals surface area contributed by atoms with Crippen molar-refractivity contribution in [2.45, 2.75) is 20.8 Å². The van der Waals surface area contributed by atoms with Crippen LogP contribution in [-0.4, -0.2) is 12.9 Å². The third-order valence-corrected chi connectivity index (χ3v) is 3.31. The molecule has 0 N–H and O–H groups in total. The van der Waals surface area contributed by atoms with E-state index in [1.165, 1.54) is 0 Å². The fourth-order valence-electron chi connectivity index (χ4n) is 2.31. The minimum atomic E-state index is 0.0242. The van der Waals surface area contributed by atoms with Gasteiger partial charge < -0.3 is 4.74 Å². The molecule has 0 unspecified atom stereocenters. The van der Waals surface area contributed by atoms with Gasteiger partial charge in [-0.05, 0) is 44.0 Å². The average molecular weight is 254 g/mol. The Morgan fingerprint density at radius 2 is 1.63 bits per heavy atom. The van der Waals surface area contributed by atoms with Crippen LogP contribution in [0.15, 0.2) is 36.4 Å². The molecule has 0 atom stereocenters. The maximum Gasteiger partial charge on any atom is 0.197 e. The molecule has 0 bridgehead atoms. The molecule has 98 valence electrons. The molecule has 0 amide bonds. The lowest BCUT2D eigenvalue weighted by molar-refractivity contribution is 0.103. The molecule has 0 aliphatic heterocycles. The Bertz CT molecular complexity index is 607. The van der Waals surface area contributed by atoms with Crippen LogP contribution in [-0.2, 0) is 0 Å². The van der Waals surface area contributed by atoms with E-state index in [1.54, 1.807) is 7.11 Å². The van der Waals surface area contributed by atoms with E-state index in [2.05, 4.69) is 0 Å².